The summed E-state index contributed by atoms with van der Waals surface area (Å²) in [7, 11) is 0. The Hall–Kier alpha value is -2.40. The third-order valence-corrected chi connectivity index (χ3v) is 2.94. The van der Waals surface area contributed by atoms with Crippen LogP contribution in [-0.2, 0) is 19.5 Å². The minimum absolute atomic E-state index is 0. The molecule has 140 valence electrons. The fourth-order valence-corrected chi connectivity index (χ4v) is 1.98. The second-order valence-corrected chi connectivity index (χ2v) is 5.90. The largest absolute Gasteiger partial charge is 2.00 e. The molecule has 0 unspecified atom stereocenters. The van der Waals surface area contributed by atoms with Gasteiger partial charge in [-0.2, -0.15) is 0 Å². The van der Waals surface area contributed by atoms with Gasteiger partial charge in [-0.15, -0.1) is 0 Å². The zero-order valence-electron chi connectivity index (χ0n) is 15.9. The van der Waals surface area contributed by atoms with E-state index in [-0.39, 0.29) is 42.8 Å². The molecular formula is C20H22O6Zn. The molecule has 0 heterocycles. The molecule has 6 nitrogen and oxygen atoms in total. The molecule has 0 radical (unpaired) electrons. The first-order valence-electron chi connectivity index (χ1n) is 8.16. The van der Waals surface area contributed by atoms with Crippen LogP contribution >= 0.6 is 0 Å². The Balaban J connectivity index is 0.000000483. The molecule has 0 aliphatic heterocycles. The molecule has 0 aromatic heterocycles. The predicted molar refractivity (Wildman–Crippen MR) is 93.1 cm³/mol. The van der Waals surface area contributed by atoms with Gasteiger partial charge in [0.25, 0.3) is 0 Å². The zero-order valence-corrected chi connectivity index (χ0v) is 18.9. The SMILES string of the molecule is CC(C)Oc1ccccc1C(=O)[O-].CC(C)Oc1ccccc1C(=O)[O-].[Zn+2]. The number of ether oxygens (including phenoxy) is 2. The average Bonchev–Trinajstić information content (AvgIpc) is 2.55. The second kappa shape index (κ2) is 12.1. The van der Waals surface area contributed by atoms with Crippen molar-refractivity contribution in [2.45, 2.75) is 39.9 Å². The number of hydrogen-bond donors (Lipinski definition) is 0. The topological polar surface area (TPSA) is 98.7 Å². The zero-order chi connectivity index (χ0) is 19.7. The van der Waals surface area contributed by atoms with Crippen LogP contribution in [0.2, 0.25) is 0 Å². The van der Waals surface area contributed by atoms with E-state index in [0.717, 1.165) is 0 Å². The number of rotatable bonds is 6. The minimum atomic E-state index is -1.21. The average molecular weight is 424 g/mol. The fourth-order valence-electron chi connectivity index (χ4n) is 1.98. The van der Waals surface area contributed by atoms with Crippen molar-refractivity contribution >= 4 is 11.9 Å². The van der Waals surface area contributed by atoms with Gasteiger partial charge in [-0.1, -0.05) is 24.3 Å². The van der Waals surface area contributed by atoms with Crippen molar-refractivity contribution in [1.82, 2.24) is 0 Å². The van der Waals surface area contributed by atoms with Crippen LogP contribution in [0.3, 0.4) is 0 Å². The number of aromatic carboxylic acids is 2. The van der Waals surface area contributed by atoms with E-state index in [4.69, 9.17) is 9.47 Å². The number of carboxylic acids is 2. The van der Waals surface area contributed by atoms with Crippen LogP contribution in [0.15, 0.2) is 48.5 Å². The summed E-state index contributed by atoms with van der Waals surface area (Å²) in [6.07, 6.45) is -0.0824. The van der Waals surface area contributed by atoms with E-state index in [2.05, 4.69) is 0 Å². The standard InChI is InChI=1S/2C10H12O3.Zn/c2*1-7(2)13-9-6-4-3-5-8(9)10(11)12;/h2*3-7H,1-2H3,(H,11,12);/q;;+2/p-2. The quantitative estimate of drug-likeness (QED) is 0.655. The Labute approximate surface area is 171 Å². The van der Waals surface area contributed by atoms with Crippen molar-refractivity contribution in [2.75, 3.05) is 0 Å². The number of hydrogen-bond acceptors (Lipinski definition) is 6. The molecule has 0 bridgehead atoms. The first-order valence-corrected chi connectivity index (χ1v) is 8.16. The summed E-state index contributed by atoms with van der Waals surface area (Å²) >= 11 is 0. The summed E-state index contributed by atoms with van der Waals surface area (Å²) in [5.41, 5.74) is 0.187. The van der Waals surface area contributed by atoms with Crippen molar-refractivity contribution in [3.05, 3.63) is 59.7 Å². The van der Waals surface area contributed by atoms with Gasteiger partial charge in [0.1, 0.15) is 11.5 Å². The van der Waals surface area contributed by atoms with Crippen LogP contribution in [0, 0.1) is 0 Å². The molecule has 2 aromatic carbocycles. The molecule has 0 N–H and O–H groups in total. The van der Waals surface area contributed by atoms with Gasteiger partial charge in [0, 0.05) is 11.1 Å². The van der Waals surface area contributed by atoms with Gasteiger partial charge in [0.15, 0.2) is 0 Å². The summed E-state index contributed by atoms with van der Waals surface area (Å²) in [6.45, 7) is 7.36. The number of benzene rings is 2. The summed E-state index contributed by atoms with van der Waals surface area (Å²) in [4.78, 5) is 21.2. The summed E-state index contributed by atoms with van der Waals surface area (Å²) in [6, 6.07) is 12.9. The molecule has 2 rings (SSSR count). The number of carboxylic acid groups (broad SMARTS) is 2. The Bertz CT molecular complexity index is 679. The molecule has 0 amide bonds. The smallest absolute Gasteiger partial charge is 0.545 e. The number of carbonyl (C=O) groups excluding carboxylic acids is 2. The van der Waals surface area contributed by atoms with Crippen LogP contribution in [0.25, 0.3) is 0 Å². The minimum Gasteiger partial charge on any atom is -0.545 e. The summed E-state index contributed by atoms with van der Waals surface area (Å²) in [5.74, 6) is -1.71. The molecule has 2 aromatic rings. The van der Waals surface area contributed by atoms with E-state index in [1.165, 1.54) is 12.1 Å². The van der Waals surface area contributed by atoms with Gasteiger partial charge >= 0.3 is 19.5 Å². The van der Waals surface area contributed by atoms with E-state index in [1.807, 2.05) is 27.7 Å². The van der Waals surface area contributed by atoms with Gasteiger partial charge in [-0.3, -0.25) is 0 Å². The van der Waals surface area contributed by atoms with E-state index < -0.39 is 11.9 Å². The number of para-hydroxylation sites is 2. The summed E-state index contributed by atoms with van der Waals surface area (Å²) in [5, 5.41) is 21.2. The molecule has 0 aliphatic rings. The van der Waals surface area contributed by atoms with Crippen LogP contribution in [0.4, 0.5) is 0 Å². The van der Waals surface area contributed by atoms with Crippen LogP contribution in [0.1, 0.15) is 48.4 Å². The first-order chi connectivity index (χ1) is 12.2. The molecule has 0 fully saturated rings. The Kier molecular flexibility index (Phi) is 11.0. The van der Waals surface area contributed by atoms with Gasteiger partial charge < -0.3 is 29.3 Å². The maximum Gasteiger partial charge on any atom is 2.00 e. The van der Waals surface area contributed by atoms with E-state index in [1.54, 1.807) is 36.4 Å². The maximum atomic E-state index is 10.6. The normalized spacial score (nSPS) is 9.70. The molecule has 0 aliphatic carbocycles. The monoisotopic (exact) mass is 422 g/mol. The molecule has 0 atom stereocenters. The van der Waals surface area contributed by atoms with Crippen molar-refractivity contribution < 1.29 is 48.8 Å². The molecule has 27 heavy (non-hydrogen) atoms. The van der Waals surface area contributed by atoms with Gasteiger partial charge in [-0.05, 0) is 52.0 Å². The van der Waals surface area contributed by atoms with E-state index >= 15 is 0 Å². The second-order valence-electron chi connectivity index (χ2n) is 5.90. The predicted octanol–water partition coefficient (Wildman–Crippen LogP) is 1.67. The molecular weight excluding hydrogens is 402 g/mol. The van der Waals surface area contributed by atoms with Crippen molar-refractivity contribution in [3.8, 4) is 11.5 Å². The molecule has 0 spiro atoms. The van der Waals surface area contributed by atoms with Crippen LogP contribution < -0.4 is 19.7 Å². The van der Waals surface area contributed by atoms with Crippen molar-refractivity contribution in [2.24, 2.45) is 0 Å². The first kappa shape index (κ1) is 24.6. The van der Waals surface area contributed by atoms with Gasteiger partial charge in [0.05, 0.1) is 24.1 Å². The summed E-state index contributed by atoms with van der Waals surface area (Å²) < 4.78 is 10.6. The molecule has 7 heteroatoms. The van der Waals surface area contributed by atoms with Gasteiger partial charge in [-0.25, -0.2) is 0 Å². The molecule has 0 saturated heterocycles. The Morgan fingerprint density at radius 3 is 1.26 bits per heavy atom. The fraction of sp³-hybridized carbons (Fsp3) is 0.300. The van der Waals surface area contributed by atoms with Crippen LogP contribution in [0.5, 0.6) is 11.5 Å². The maximum absolute atomic E-state index is 10.6. The third-order valence-electron chi connectivity index (χ3n) is 2.94. The van der Waals surface area contributed by atoms with Crippen molar-refractivity contribution in [3.63, 3.8) is 0 Å². The molecule has 0 saturated carbocycles. The van der Waals surface area contributed by atoms with E-state index in [0.29, 0.717) is 11.5 Å². The Morgan fingerprint density at radius 1 is 0.704 bits per heavy atom. The number of carbonyl (C=O) groups is 2. The van der Waals surface area contributed by atoms with Crippen molar-refractivity contribution in [1.29, 1.82) is 0 Å². The van der Waals surface area contributed by atoms with Crippen LogP contribution in [-0.4, -0.2) is 24.1 Å². The van der Waals surface area contributed by atoms with Gasteiger partial charge in [0.2, 0.25) is 0 Å². The Morgan fingerprint density at radius 2 is 1.00 bits per heavy atom. The van der Waals surface area contributed by atoms with E-state index in [9.17, 15) is 19.8 Å². The third kappa shape index (κ3) is 8.69.